The molecule has 164 valence electrons. The molecule has 5 rings (SSSR count). The predicted molar refractivity (Wildman–Crippen MR) is 116 cm³/mol. The summed E-state index contributed by atoms with van der Waals surface area (Å²) in [5, 5.41) is 6.06. The van der Waals surface area contributed by atoms with Crippen molar-refractivity contribution in [3.8, 4) is 0 Å². The second-order valence-corrected chi connectivity index (χ2v) is 8.80. The van der Waals surface area contributed by atoms with Crippen LogP contribution in [0.25, 0.3) is 0 Å². The molecule has 2 fully saturated rings. The summed E-state index contributed by atoms with van der Waals surface area (Å²) < 4.78 is 0. The molecule has 3 heterocycles. The Bertz CT molecular complexity index is 1150. The van der Waals surface area contributed by atoms with Crippen molar-refractivity contribution in [1.29, 1.82) is 0 Å². The molecule has 8 nitrogen and oxygen atoms in total. The van der Waals surface area contributed by atoms with E-state index in [-0.39, 0.29) is 30.7 Å². The lowest BCUT2D eigenvalue weighted by Gasteiger charge is -2.29. The quantitative estimate of drug-likeness (QED) is 0.605. The average molecular weight is 432 g/mol. The van der Waals surface area contributed by atoms with Gasteiger partial charge in [0.2, 0.25) is 23.6 Å². The van der Waals surface area contributed by atoms with Gasteiger partial charge >= 0.3 is 0 Å². The number of amides is 4. The van der Waals surface area contributed by atoms with Gasteiger partial charge in [0.15, 0.2) is 0 Å². The number of anilines is 1. The van der Waals surface area contributed by atoms with E-state index in [0.29, 0.717) is 17.7 Å². The Morgan fingerprint density at radius 1 is 1.09 bits per heavy atom. The molecule has 0 aliphatic carbocycles. The van der Waals surface area contributed by atoms with E-state index in [1.807, 2.05) is 49.4 Å². The average Bonchev–Trinajstić information content (AvgIpc) is 3.32. The molecule has 0 saturated carbocycles. The van der Waals surface area contributed by atoms with E-state index in [0.717, 1.165) is 11.1 Å². The molecule has 1 spiro atoms. The second kappa shape index (κ2) is 7.27. The number of fused-ring (bicyclic) bond motifs is 4. The number of nitrogens with two attached hydrogens (primary N) is 1. The zero-order chi connectivity index (χ0) is 22.6. The van der Waals surface area contributed by atoms with Crippen LogP contribution in [0.4, 0.5) is 5.69 Å². The Balaban J connectivity index is 1.55. The van der Waals surface area contributed by atoms with E-state index >= 15 is 0 Å². The minimum Gasteiger partial charge on any atom is -0.370 e. The Morgan fingerprint density at radius 3 is 2.56 bits per heavy atom. The highest BCUT2D eigenvalue weighted by atomic mass is 16.2. The molecule has 4 N–H and O–H groups in total. The number of nitrogens with one attached hydrogen (secondary N) is 2. The smallest absolute Gasteiger partial charge is 0.250 e. The van der Waals surface area contributed by atoms with Crippen LogP contribution in [0, 0.1) is 18.8 Å². The van der Waals surface area contributed by atoms with Crippen molar-refractivity contribution < 1.29 is 19.2 Å². The number of benzene rings is 2. The molecule has 2 saturated heterocycles. The molecule has 2 aromatic rings. The van der Waals surface area contributed by atoms with Crippen molar-refractivity contribution >= 4 is 29.3 Å². The van der Waals surface area contributed by atoms with E-state index in [1.165, 1.54) is 4.90 Å². The topological polar surface area (TPSA) is 122 Å². The summed E-state index contributed by atoms with van der Waals surface area (Å²) in [6.45, 7) is 2.12. The number of carbonyl (C=O) groups excluding carboxylic acids is 4. The van der Waals surface area contributed by atoms with Crippen molar-refractivity contribution in [2.75, 3.05) is 11.9 Å². The van der Waals surface area contributed by atoms with Gasteiger partial charge in [0, 0.05) is 30.3 Å². The number of hydrogen-bond donors (Lipinski definition) is 3. The van der Waals surface area contributed by atoms with Gasteiger partial charge in [-0.15, -0.1) is 0 Å². The van der Waals surface area contributed by atoms with Crippen molar-refractivity contribution in [2.24, 2.45) is 17.6 Å². The van der Waals surface area contributed by atoms with E-state index < -0.39 is 29.3 Å². The third-order valence-electron chi connectivity index (χ3n) is 6.85. The number of carbonyl (C=O) groups is 4. The number of aryl methyl sites for hydroxylation is 1. The summed E-state index contributed by atoms with van der Waals surface area (Å²) in [5.41, 5.74) is 7.22. The summed E-state index contributed by atoms with van der Waals surface area (Å²) in [7, 11) is 0. The fourth-order valence-electron chi connectivity index (χ4n) is 5.47. The highest BCUT2D eigenvalue weighted by Gasteiger charge is 2.70. The molecule has 0 aromatic heterocycles. The molecule has 2 aromatic carbocycles. The summed E-state index contributed by atoms with van der Waals surface area (Å²) in [6.07, 6.45) is 0.378. The fraction of sp³-hybridized carbons (Fsp3) is 0.333. The van der Waals surface area contributed by atoms with Gasteiger partial charge in [-0.3, -0.25) is 29.4 Å². The van der Waals surface area contributed by atoms with Crippen molar-refractivity contribution in [3.63, 3.8) is 0 Å². The Hall–Kier alpha value is -3.52. The first-order valence-electron chi connectivity index (χ1n) is 10.7. The molecule has 0 unspecified atom stereocenters. The van der Waals surface area contributed by atoms with Gasteiger partial charge < -0.3 is 11.1 Å². The van der Waals surface area contributed by atoms with Crippen LogP contribution < -0.4 is 16.4 Å². The maximum Gasteiger partial charge on any atom is 0.250 e. The van der Waals surface area contributed by atoms with Crippen molar-refractivity contribution in [1.82, 2.24) is 10.2 Å². The third-order valence-corrected chi connectivity index (χ3v) is 6.85. The van der Waals surface area contributed by atoms with Crippen LogP contribution in [0.5, 0.6) is 0 Å². The minimum absolute atomic E-state index is 0.136. The normalized spacial score (nSPS) is 28.2. The number of nitrogens with zero attached hydrogens (tertiary/aromatic N) is 1. The van der Waals surface area contributed by atoms with Gasteiger partial charge in [-0.05, 0) is 25.0 Å². The summed E-state index contributed by atoms with van der Waals surface area (Å²) >= 11 is 0. The molecule has 3 aliphatic heterocycles. The van der Waals surface area contributed by atoms with E-state index in [2.05, 4.69) is 10.6 Å². The standard InChI is InChI=1S/C24H24N4O4/c1-13-7-8-16-15(11-13)24(23(32)26-16)20-19(17(27-24)12-18(25)29)21(30)28(22(20)31)10-9-14-5-3-2-4-6-14/h2-8,11,17,19-20,27H,9-10,12H2,1H3,(H2,25,29)(H,26,32)/t17-,19-,20-,24+/m1/s1. The van der Waals surface area contributed by atoms with Crippen LogP contribution in [0.3, 0.4) is 0 Å². The van der Waals surface area contributed by atoms with Crippen LogP contribution in [0.15, 0.2) is 48.5 Å². The lowest BCUT2D eigenvalue weighted by Crippen LogP contribution is -2.53. The molecule has 32 heavy (non-hydrogen) atoms. The van der Waals surface area contributed by atoms with Gasteiger partial charge in [0.25, 0.3) is 0 Å². The maximum absolute atomic E-state index is 13.6. The first-order chi connectivity index (χ1) is 15.3. The molecule has 0 radical (unpaired) electrons. The van der Waals surface area contributed by atoms with Crippen LogP contribution in [-0.2, 0) is 31.1 Å². The Labute approximate surface area is 185 Å². The SMILES string of the molecule is Cc1ccc2c(c1)[C@@]1(N[C@H](CC(N)=O)[C@H]3C(=O)N(CCc4ccccc4)C(=O)[C@@H]31)C(=O)N2. The van der Waals surface area contributed by atoms with Crippen LogP contribution in [0.1, 0.15) is 23.1 Å². The third kappa shape index (κ3) is 2.86. The van der Waals surface area contributed by atoms with Crippen molar-refractivity contribution in [3.05, 3.63) is 65.2 Å². The summed E-state index contributed by atoms with van der Waals surface area (Å²) in [6, 6.07) is 14.4. The van der Waals surface area contributed by atoms with Gasteiger partial charge in [-0.1, -0.05) is 48.0 Å². The summed E-state index contributed by atoms with van der Waals surface area (Å²) in [5.74, 6) is -3.49. The predicted octanol–water partition coefficient (Wildman–Crippen LogP) is 0.834. The molecule has 0 bridgehead atoms. The first kappa shape index (κ1) is 20.4. The van der Waals surface area contributed by atoms with Gasteiger partial charge in [-0.25, -0.2) is 0 Å². The zero-order valence-corrected chi connectivity index (χ0v) is 17.6. The van der Waals surface area contributed by atoms with Crippen LogP contribution in [0.2, 0.25) is 0 Å². The molecule has 4 atom stereocenters. The van der Waals surface area contributed by atoms with Gasteiger partial charge in [0.1, 0.15) is 5.54 Å². The van der Waals surface area contributed by atoms with Crippen LogP contribution in [-0.4, -0.2) is 41.1 Å². The molecular weight excluding hydrogens is 408 g/mol. The van der Waals surface area contributed by atoms with Gasteiger partial charge in [0.05, 0.1) is 11.8 Å². The molecule has 8 heteroatoms. The van der Waals surface area contributed by atoms with E-state index in [4.69, 9.17) is 5.73 Å². The molecule has 4 amide bonds. The molecule has 3 aliphatic rings. The molecular formula is C24H24N4O4. The number of hydrogen-bond acceptors (Lipinski definition) is 5. The number of primary amides is 1. The lowest BCUT2D eigenvalue weighted by atomic mass is 9.76. The maximum atomic E-state index is 13.6. The fourth-order valence-corrected chi connectivity index (χ4v) is 5.47. The number of likely N-dealkylation sites (tertiary alicyclic amines) is 1. The number of rotatable bonds is 5. The zero-order valence-electron chi connectivity index (χ0n) is 17.6. The number of imide groups is 1. The highest BCUT2D eigenvalue weighted by Crippen LogP contribution is 2.53. The summed E-state index contributed by atoms with van der Waals surface area (Å²) in [4.78, 5) is 53.4. The first-order valence-corrected chi connectivity index (χ1v) is 10.7. The van der Waals surface area contributed by atoms with E-state index in [1.54, 1.807) is 6.07 Å². The Kier molecular flexibility index (Phi) is 4.63. The van der Waals surface area contributed by atoms with Crippen molar-refractivity contribution in [2.45, 2.75) is 31.3 Å². The van der Waals surface area contributed by atoms with Crippen LogP contribution >= 0.6 is 0 Å². The highest BCUT2D eigenvalue weighted by molar-refractivity contribution is 6.15. The van der Waals surface area contributed by atoms with E-state index in [9.17, 15) is 19.2 Å². The monoisotopic (exact) mass is 432 g/mol. The largest absolute Gasteiger partial charge is 0.370 e. The van der Waals surface area contributed by atoms with Gasteiger partial charge in [-0.2, -0.15) is 0 Å². The minimum atomic E-state index is -1.40. The Morgan fingerprint density at radius 2 is 1.84 bits per heavy atom. The lowest BCUT2D eigenvalue weighted by molar-refractivity contribution is -0.142. The second-order valence-electron chi connectivity index (χ2n) is 8.80.